The van der Waals surface area contributed by atoms with Crippen molar-refractivity contribution in [1.29, 1.82) is 0 Å². The van der Waals surface area contributed by atoms with Gasteiger partial charge in [-0.25, -0.2) is 13.9 Å². The molecule has 5 nitrogen and oxygen atoms in total. The number of benzene rings is 1. The van der Waals surface area contributed by atoms with Gasteiger partial charge in [-0.2, -0.15) is 5.10 Å². The average molecular weight is 327 g/mol. The van der Waals surface area contributed by atoms with Crippen LogP contribution in [0.25, 0.3) is 5.69 Å². The van der Waals surface area contributed by atoms with Gasteiger partial charge in [0.2, 0.25) is 11.1 Å². The fourth-order valence-corrected chi connectivity index (χ4v) is 1.90. The van der Waals surface area contributed by atoms with Crippen molar-refractivity contribution in [2.24, 2.45) is 0 Å². The highest BCUT2D eigenvalue weighted by Gasteiger charge is 2.13. The van der Waals surface area contributed by atoms with Crippen molar-refractivity contribution >= 4 is 21.9 Å². The molecule has 1 N–H and O–H groups in total. The molecule has 0 saturated carbocycles. The van der Waals surface area contributed by atoms with Crippen LogP contribution in [-0.4, -0.2) is 20.9 Å². The van der Waals surface area contributed by atoms with Crippen LogP contribution < -0.4 is 5.43 Å². The molecule has 0 aliphatic rings. The van der Waals surface area contributed by atoms with E-state index < -0.39 is 22.9 Å². The van der Waals surface area contributed by atoms with Crippen LogP contribution >= 0.6 is 15.9 Å². The lowest BCUT2D eigenvalue weighted by atomic mass is 10.2. The largest absolute Gasteiger partial charge is 0.476 e. The molecule has 0 saturated heterocycles. The molecule has 0 aliphatic carbocycles. The Balaban J connectivity index is 2.66. The third kappa shape index (κ3) is 2.55. The van der Waals surface area contributed by atoms with Gasteiger partial charge in [-0.3, -0.25) is 4.79 Å². The second-order valence-corrected chi connectivity index (χ2v) is 4.69. The van der Waals surface area contributed by atoms with Crippen molar-refractivity contribution in [3.8, 4) is 5.69 Å². The first-order valence-electron chi connectivity index (χ1n) is 5.19. The molecule has 2 aromatic rings. The van der Waals surface area contributed by atoms with E-state index in [2.05, 4.69) is 21.0 Å². The Hall–Kier alpha value is -2.02. The maximum Gasteiger partial charge on any atom is 0.360 e. The molecular weight excluding hydrogens is 319 g/mol. The third-order valence-corrected chi connectivity index (χ3v) is 3.10. The van der Waals surface area contributed by atoms with Gasteiger partial charge in [0.15, 0.2) is 0 Å². The van der Waals surface area contributed by atoms with Crippen molar-refractivity contribution in [2.45, 2.75) is 6.92 Å². The SMILES string of the molecule is Cc1cc(F)c(Br)cc1-n1ccc(=O)c(C(=O)O)n1. The first kappa shape index (κ1) is 13.4. The lowest BCUT2D eigenvalue weighted by Gasteiger charge is -2.10. The van der Waals surface area contributed by atoms with Gasteiger partial charge in [0.25, 0.3) is 0 Å². The first-order chi connectivity index (χ1) is 8.90. The molecule has 1 aromatic carbocycles. The van der Waals surface area contributed by atoms with E-state index in [1.807, 2.05) is 0 Å². The quantitative estimate of drug-likeness (QED) is 0.917. The van der Waals surface area contributed by atoms with Gasteiger partial charge >= 0.3 is 5.97 Å². The number of carbonyl (C=O) groups is 1. The van der Waals surface area contributed by atoms with Crippen LogP contribution in [0.1, 0.15) is 16.1 Å². The summed E-state index contributed by atoms with van der Waals surface area (Å²) in [5.74, 6) is -1.83. The van der Waals surface area contributed by atoms with E-state index in [0.717, 1.165) is 6.07 Å². The van der Waals surface area contributed by atoms with Crippen LogP contribution in [0.15, 0.2) is 33.7 Å². The van der Waals surface area contributed by atoms with Crippen LogP contribution in [0, 0.1) is 12.7 Å². The monoisotopic (exact) mass is 326 g/mol. The fourth-order valence-electron chi connectivity index (χ4n) is 1.57. The van der Waals surface area contributed by atoms with E-state index in [9.17, 15) is 14.0 Å². The smallest absolute Gasteiger partial charge is 0.360 e. The predicted octanol–water partition coefficient (Wildman–Crippen LogP) is 2.14. The highest BCUT2D eigenvalue weighted by molar-refractivity contribution is 9.10. The summed E-state index contributed by atoms with van der Waals surface area (Å²) in [5, 5.41) is 12.6. The number of halogens is 2. The molecule has 0 spiro atoms. The van der Waals surface area contributed by atoms with E-state index in [1.54, 1.807) is 6.92 Å². The van der Waals surface area contributed by atoms with Crippen LogP contribution in [0.2, 0.25) is 0 Å². The fraction of sp³-hybridized carbons (Fsp3) is 0.0833. The molecule has 0 aliphatic heterocycles. The number of hydrogen-bond donors (Lipinski definition) is 1. The zero-order valence-electron chi connectivity index (χ0n) is 9.72. The number of rotatable bonds is 2. The number of nitrogens with zero attached hydrogens (tertiary/aromatic N) is 2. The van der Waals surface area contributed by atoms with E-state index in [4.69, 9.17) is 5.11 Å². The van der Waals surface area contributed by atoms with Gasteiger partial charge in [0.05, 0.1) is 10.2 Å². The second kappa shape index (κ2) is 4.93. The molecular formula is C12H8BrFN2O3. The maximum atomic E-state index is 13.3. The summed E-state index contributed by atoms with van der Waals surface area (Å²) in [6.45, 7) is 1.66. The number of carboxylic acid groups (broad SMARTS) is 1. The van der Waals surface area contributed by atoms with E-state index in [-0.39, 0.29) is 4.47 Å². The summed E-state index contributed by atoms with van der Waals surface area (Å²) in [6.07, 6.45) is 1.33. The van der Waals surface area contributed by atoms with Crippen molar-refractivity contribution in [3.63, 3.8) is 0 Å². The van der Waals surface area contributed by atoms with Crippen LogP contribution in [0.5, 0.6) is 0 Å². The lowest BCUT2D eigenvalue weighted by molar-refractivity contribution is 0.0687. The highest BCUT2D eigenvalue weighted by Crippen LogP contribution is 2.22. The van der Waals surface area contributed by atoms with Crippen molar-refractivity contribution in [1.82, 2.24) is 9.78 Å². The molecule has 0 amide bonds. The highest BCUT2D eigenvalue weighted by atomic mass is 79.9. The molecule has 0 bridgehead atoms. The molecule has 0 atom stereocenters. The van der Waals surface area contributed by atoms with Crippen molar-refractivity contribution in [3.05, 3.63) is 56.2 Å². The molecule has 0 fully saturated rings. The van der Waals surface area contributed by atoms with Gasteiger partial charge in [0, 0.05) is 12.3 Å². The Kier molecular flexibility index (Phi) is 3.48. The van der Waals surface area contributed by atoms with Gasteiger partial charge in [0.1, 0.15) is 5.82 Å². The Labute approximate surface area is 115 Å². The Morgan fingerprint density at radius 2 is 2.16 bits per heavy atom. The number of aromatic nitrogens is 2. The van der Waals surface area contributed by atoms with Crippen LogP contribution in [0.3, 0.4) is 0 Å². The number of aryl methyl sites for hydroxylation is 1. The van der Waals surface area contributed by atoms with Crippen LogP contribution in [-0.2, 0) is 0 Å². The average Bonchev–Trinajstić information content (AvgIpc) is 2.34. The van der Waals surface area contributed by atoms with Gasteiger partial charge in [-0.1, -0.05) is 0 Å². The van der Waals surface area contributed by atoms with Gasteiger partial charge in [-0.15, -0.1) is 0 Å². The summed E-state index contributed by atoms with van der Waals surface area (Å²) in [5.41, 5.74) is -0.214. The molecule has 2 rings (SSSR count). The standard InChI is InChI=1S/C12H8BrFN2O3/c1-6-4-8(14)7(13)5-9(6)16-3-2-10(17)11(15-16)12(18)19/h2-5H,1H3,(H,18,19). The minimum absolute atomic E-state index is 0.227. The number of carboxylic acids is 1. The first-order valence-corrected chi connectivity index (χ1v) is 5.98. The predicted molar refractivity (Wildman–Crippen MR) is 69.2 cm³/mol. The zero-order chi connectivity index (χ0) is 14.2. The van der Waals surface area contributed by atoms with Crippen LogP contribution in [0.4, 0.5) is 4.39 Å². The molecule has 1 heterocycles. The topological polar surface area (TPSA) is 72.2 Å². The summed E-state index contributed by atoms with van der Waals surface area (Å²) < 4.78 is 14.8. The Bertz CT molecular complexity index is 727. The molecule has 0 unspecified atom stereocenters. The van der Waals surface area contributed by atoms with Gasteiger partial charge in [-0.05, 0) is 40.5 Å². The number of hydrogen-bond acceptors (Lipinski definition) is 3. The summed E-state index contributed by atoms with van der Waals surface area (Å²) in [4.78, 5) is 22.2. The minimum atomic E-state index is -1.40. The normalized spacial score (nSPS) is 10.5. The van der Waals surface area contributed by atoms with E-state index >= 15 is 0 Å². The summed E-state index contributed by atoms with van der Waals surface area (Å²) in [6, 6.07) is 3.86. The third-order valence-electron chi connectivity index (χ3n) is 2.50. The van der Waals surface area contributed by atoms with E-state index in [1.165, 1.54) is 23.0 Å². The zero-order valence-corrected chi connectivity index (χ0v) is 11.3. The maximum absolute atomic E-state index is 13.3. The van der Waals surface area contributed by atoms with Crippen molar-refractivity contribution in [2.75, 3.05) is 0 Å². The molecule has 0 radical (unpaired) electrons. The minimum Gasteiger partial charge on any atom is -0.476 e. The van der Waals surface area contributed by atoms with E-state index in [0.29, 0.717) is 11.3 Å². The second-order valence-electron chi connectivity index (χ2n) is 3.83. The Morgan fingerprint density at radius 3 is 2.79 bits per heavy atom. The number of aromatic carboxylic acids is 1. The molecule has 7 heteroatoms. The molecule has 98 valence electrons. The van der Waals surface area contributed by atoms with Gasteiger partial charge < -0.3 is 5.11 Å². The Morgan fingerprint density at radius 1 is 1.47 bits per heavy atom. The molecule has 1 aromatic heterocycles. The lowest BCUT2D eigenvalue weighted by Crippen LogP contribution is -2.20. The summed E-state index contributed by atoms with van der Waals surface area (Å²) >= 11 is 3.05. The summed E-state index contributed by atoms with van der Waals surface area (Å²) in [7, 11) is 0. The van der Waals surface area contributed by atoms with Crippen molar-refractivity contribution < 1.29 is 14.3 Å². The molecule has 19 heavy (non-hydrogen) atoms.